The van der Waals surface area contributed by atoms with Crippen LogP contribution in [0.1, 0.15) is 5.56 Å². The van der Waals surface area contributed by atoms with Crippen LogP contribution in [-0.2, 0) is 0 Å². The normalized spacial score (nSPS) is 10.9. The van der Waals surface area contributed by atoms with Gasteiger partial charge in [-0.3, -0.25) is 0 Å². The summed E-state index contributed by atoms with van der Waals surface area (Å²) in [5.41, 5.74) is 1.28. The van der Waals surface area contributed by atoms with Crippen molar-refractivity contribution in [2.45, 2.75) is 11.8 Å². The Morgan fingerprint density at radius 2 is 2.08 bits per heavy atom. The molecule has 0 spiro atoms. The van der Waals surface area contributed by atoms with Crippen LogP contribution < -0.4 is 0 Å². The SMILES string of the molecule is CSc1cc2cc(O)sc2cc1C. The van der Waals surface area contributed by atoms with Crippen molar-refractivity contribution in [1.29, 1.82) is 0 Å². The number of thiophene rings is 1. The first-order valence-corrected chi connectivity index (χ1v) is 6.02. The largest absolute Gasteiger partial charge is 0.499 e. The summed E-state index contributed by atoms with van der Waals surface area (Å²) in [6.07, 6.45) is 2.07. The van der Waals surface area contributed by atoms with Crippen molar-refractivity contribution in [3.8, 4) is 5.06 Å². The van der Waals surface area contributed by atoms with Gasteiger partial charge >= 0.3 is 0 Å². The Morgan fingerprint density at radius 1 is 1.31 bits per heavy atom. The maximum atomic E-state index is 9.32. The minimum atomic E-state index is 0.396. The van der Waals surface area contributed by atoms with Gasteiger partial charge in [0.25, 0.3) is 0 Å². The molecule has 0 amide bonds. The van der Waals surface area contributed by atoms with E-state index in [2.05, 4.69) is 25.3 Å². The average Bonchev–Trinajstić information content (AvgIpc) is 2.42. The highest BCUT2D eigenvalue weighted by Gasteiger charge is 2.03. The molecule has 0 atom stereocenters. The van der Waals surface area contributed by atoms with Crippen molar-refractivity contribution in [3.63, 3.8) is 0 Å². The van der Waals surface area contributed by atoms with Crippen LogP contribution in [-0.4, -0.2) is 11.4 Å². The van der Waals surface area contributed by atoms with E-state index in [9.17, 15) is 5.11 Å². The molecule has 1 heterocycles. The van der Waals surface area contributed by atoms with E-state index >= 15 is 0 Å². The Kier molecular flexibility index (Phi) is 2.22. The van der Waals surface area contributed by atoms with Gasteiger partial charge in [0.1, 0.15) is 0 Å². The molecule has 0 aliphatic carbocycles. The van der Waals surface area contributed by atoms with Gasteiger partial charge in [0.2, 0.25) is 0 Å². The molecule has 13 heavy (non-hydrogen) atoms. The molecular weight excluding hydrogens is 200 g/mol. The van der Waals surface area contributed by atoms with Gasteiger partial charge < -0.3 is 5.11 Å². The fourth-order valence-electron chi connectivity index (χ4n) is 1.37. The van der Waals surface area contributed by atoms with Crippen LogP contribution in [0.4, 0.5) is 0 Å². The van der Waals surface area contributed by atoms with E-state index in [4.69, 9.17) is 0 Å². The van der Waals surface area contributed by atoms with Crippen LogP contribution in [0.5, 0.6) is 5.06 Å². The van der Waals surface area contributed by atoms with Gasteiger partial charge in [-0.05, 0) is 42.3 Å². The molecule has 1 aromatic heterocycles. The molecule has 0 unspecified atom stereocenters. The zero-order chi connectivity index (χ0) is 9.42. The Balaban J connectivity index is 2.72. The molecule has 1 nitrogen and oxygen atoms in total. The monoisotopic (exact) mass is 210 g/mol. The molecule has 0 bridgehead atoms. The van der Waals surface area contributed by atoms with Crippen molar-refractivity contribution < 1.29 is 5.11 Å². The van der Waals surface area contributed by atoms with Crippen LogP contribution in [0, 0.1) is 6.92 Å². The molecule has 3 heteroatoms. The van der Waals surface area contributed by atoms with E-state index < -0.39 is 0 Å². The van der Waals surface area contributed by atoms with Gasteiger partial charge in [-0.15, -0.1) is 11.8 Å². The predicted octanol–water partition coefficient (Wildman–Crippen LogP) is 3.64. The van der Waals surface area contributed by atoms with Crippen LogP contribution in [0.3, 0.4) is 0 Å². The third-order valence-corrected chi connectivity index (χ3v) is 3.80. The van der Waals surface area contributed by atoms with E-state index in [0.717, 1.165) is 10.1 Å². The molecule has 1 N–H and O–H groups in total. The lowest BCUT2D eigenvalue weighted by Gasteiger charge is -2.01. The molecule has 0 radical (unpaired) electrons. The number of aryl methyl sites for hydroxylation is 1. The number of benzene rings is 1. The minimum Gasteiger partial charge on any atom is -0.499 e. The lowest BCUT2D eigenvalue weighted by molar-refractivity contribution is 0.491. The number of rotatable bonds is 1. The molecular formula is C10H10OS2. The van der Waals surface area contributed by atoms with Gasteiger partial charge in [-0.25, -0.2) is 0 Å². The Labute approximate surface area is 85.4 Å². The third kappa shape index (κ3) is 1.54. The highest BCUT2D eigenvalue weighted by Crippen LogP contribution is 2.34. The lowest BCUT2D eigenvalue weighted by Crippen LogP contribution is -1.76. The maximum absolute atomic E-state index is 9.32. The first-order valence-electron chi connectivity index (χ1n) is 3.98. The van der Waals surface area contributed by atoms with Crippen LogP contribution in [0.2, 0.25) is 0 Å². The summed E-state index contributed by atoms with van der Waals surface area (Å²) in [5.74, 6) is 0. The standard InChI is InChI=1S/C10H10OS2/c1-6-3-9-7(4-8(6)12-2)5-10(11)13-9/h3-5,11H,1-2H3. The molecule has 0 saturated heterocycles. The summed E-state index contributed by atoms with van der Waals surface area (Å²) >= 11 is 3.17. The van der Waals surface area contributed by atoms with Gasteiger partial charge in [-0.2, -0.15) is 0 Å². The van der Waals surface area contributed by atoms with Crippen molar-refractivity contribution in [2.24, 2.45) is 0 Å². The Bertz CT molecular complexity index is 445. The number of thioether (sulfide) groups is 1. The van der Waals surface area contributed by atoms with E-state index in [0.29, 0.717) is 5.06 Å². The lowest BCUT2D eigenvalue weighted by atomic mass is 10.2. The molecule has 2 aromatic rings. The van der Waals surface area contributed by atoms with Crippen LogP contribution in [0.15, 0.2) is 23.1 Å². The number of hydrogen-bond acceptors (Lipinski definition) is 3. The fraction of sp³-hybridized carbons (Fsp3) is 0.200. The highest BCUT2D eigenvalue weighted by atomic mass is 32.2. The van der Waals surface area contributed by atoms with E-state index in [1.807, 2.05) is 6.07 Å². The number of fused-ring (bicyclic) bond motifs is 1. The van der Waals surface area contributed by atoms with Gasteiger partial charge in [-0.1, -0.05) is 11.3 Å². The summed E-state index contributed by atoms with van der Waals surface area (Å²) in [7, 11) is 0. The second-order valence-electron chi connectivity index (χ2n) is 2.94. The zero-order valence-electron chi connectivity index (χ0n) is 7.50. The molecule has 0 aliphatic heterocycles. The molecule has 1 aromatic carbocycles. The third-order valence-electron chi connectivity index (χ3n) is 2.02. The van der Waals surface area contributed by atoms with Crippen molar-refractivity contribution in [2.75, 3.05) is 6.26 Å². The number of aromatic hydroxyl groups is 1. The van der Waals surface area contributed by atoms with Crippen molar-refractivity contribution >= 4 is 33.2 Å². The predicted molar refractivity (Wildman–Crippen MR) is 60.0 cm³/mol. The second kappa shape index (κ2) is 3.24. The van der Waals surface area contributed by atoms with Gasteiger partial charge in [0.05, 0.1) is 0 Å². The number of hydrogen-bond donors (Lipinski definition) is 1. The van der Waals surface area contributed by atoms with Gasteiger partial charge in [0.15, 0.2) is 5.06 Å². The van der Waals surface area contributed by atoms with Crippen molar-refractivity contribution in [1.82, 2.24) is 0 Å². The summed E-state index contributed by atoms with van der Waals surface area (Å²) in [6, 6.07) is 6.08. The first kappa shape index (κ1) is 8.91. The minimum absolute atomic E-state index is 0.396. The Hall–Kier alpha value is -0.670. The maximum Gasteiger partial charge on any atom is 0.172 e. The van der Waals surface area contributed by atoms with Gasteiger partial charge in [0, 0.05) is 9.60 Å². The first-order chi connectivity index (χ1) is 6.20. The summed E-state index contributed by atoms with van der Waals surface area (Å²) < 4.78 is 1.16. The van der Waals surface area contributed by atoms with E-state index in [-0.39, 0.29) is 0 Å². The summed E-state index contributed by atoms with van der Waals surface area (Å²) in [5, 5.41) is 10.9. The topological polar surface area (TPSA) is 20.2 Å². The van der Waals surface area contributed by atoms with Crippen LogP contribution in [0.25, 0.3) is 10.1 Å². The zero-order valence-corrected chi connectivity index (χ0v) is 9.13. The van der Waals surface area contributed by atoms with E-state index in [1.165, 1.54) is 21.8 Å². The molecule has 0 saturated carbocycles. The molecule has 68 valence electrons. The molecule has 0 aliphatic rings. The smallest absolute Gasteiger partial charge is 0.172 e. The fourth-order valence-corrected chi connectivity index (χ4v) is 2.88. The van der Waals surface area contributed by atoms with Crippen molar-refractivity contribution in [3.05, 3.63) is 23.8 Å². The average molecular weight is 210 g/mol. The second-order valence-corrected chi connectivity index (χ2v) is 4.85. The Morgan fingerprint density at radius 3 is 2.77 bits per heavy atom. The summed E-state index contributed by atoms with van der Waals surface area (Å²) in [4.78, 5) is 1.28. The molecule has 0 fully saturated rings. The van der Waals surface area contributed by atoms with Crippen LogP contribution >= 0.6 is 23.1 Å². The quantitative estimate of drug-likeness (QED) is 0.725. The van der Waals surface area contributed by atoms with E-state index in [1.54, 1.807) is 11.8 Å². The summed E-state index contributed by atoms with van der Waals surface area (Å²) in [6.45, 7) is 2.10. The molecule has 2 rings (SSSR count). The highest BCUT2D eigenvalue weighted by molar-refractivity contribution is 7.98.